The molecule has 0 aliphatic carbocycles. The lowest BCUT2D eigenvalue weighted by atomic mass is 9.83. The molecule has 2 heteroatoms. The Morgan fingerprint density at radius 3 is 2.43 bits per heavy atom. The van der Waals surface area contributed by atoms with Crippen molar-refractivity contribution < 1.29 is 4.74 Å². The van der Waals surface area contributed by atoms with E-state index in [1.54, 1.807) is 0 Å². The molecule has 1 aliphatic heterocycles. The van der Waals surface area contributed by atoms with Gasteiger partial charge in [0.05, 0.1) is 13.2 Å². The predicted octanol–water partition coefficient (Wildman–Crippen LogP) is 2.58. The molecule has 14 heavy (non-hydrogen) atoms. The second-order valence-corrected chi connectivity index (χ2v) is 4.58. The molecule has 1 N–H and O–H groups in total. The van der Waals surface area contributed by atoms with Crippen molar-refractivity contribution in [2.24, 2.45) is 5.41 Å². The molecule has 0 saturated carbocycles. The van der Waals surface area contributed by atoms with Crippen molar-refractivity contribution in [3.05, 3.63) is 0 Å². The van der Waals surface area contributed by atoms with Crippen LogP contribution in [0.4, 0.5) is 0 Å². The molecule has 1 saturated heterocycles. The van der Waals surface area contributed by atoms with E-state index in [2.05, 4.69) is 19.2 Å². The van der Waals surface area contributed by atoms with Crippen LogP contribution in [0.1, 0.15) is 46.0 Å². The number of nitrogens with one attached hydrogen (secondary N) is 1. The fourth-order valence-corrected chi connectivity index (χ4v) is 1.85. The van der Waals surface area contributed by atoms with Crippen LogP contribution in [-0.4, -0.2) is 26.3 Å². The summed E-state index contributed by atoms with van der Waals surface area (Å²) in [6, 6.07) is 0. The zero-order valence-electron chi connectivity index (χ0n) is 9.77. The van der Waals surface area contributed by atoms with Crippen molar-refractivity contribution in [2.75, 3.05) is 26.3 Å². The topological polar surface area (TPSA) is 21.3 Å². The van der Waals surface area contributed by atoms with Crippen molar-refractivity contribution in [2.45, 2.75) is 46.0 Å². The summed E-state index contributed by atoms with van der Waals surface area (Å²) in [5.41, 5.74) is 0.477. The molecule has 0 radical (unpaired) electrons. The number of ether oxygens (including phenoxy) is 1. The average Bonchev–Trinajstić information content (AvgIpc) is 2.15. The molecule has 1 heterocycles. The van der Waals surface area contributed by atoms with Crippen molar-refractivity contribution >= 4 is 0 Å². The third kappa shape index (κ3) is 3.58. The van der Waals surface area contributed by atoms with E-state index in [9.17, 15) is 0 Å². The van der Waals surface area contributed by atoms with Crippen LogP contribution in [0.5, 0.6) is 0 Å². The van der Waals surface area contributed by atoms with E-state index in [-0.39, 0.29) is 0 Å². The van der Waals surface area contributed by atoms with Gasteiger partial charge in [-0.15, -0.1) is 0 Å². The standard InChI is InChI=1S/C12H25NO/c1-3-5-6-7-8-13-9-12(4-2)10-14-11-12/h13H,3-11H2,1-2H3. The minimum Gasteiger partial charge on any atom is -0.380 e. The van der Waals surface area contributed by atoms with E-state index in [0.29, 0.717) is 5.41 Å². The largest absolute Gasteiger partial charge is 0.380 e. The van der Waals surface area contributed by atoms with Gasteiger partial charge in [0.15, 0.2) is 0 Å². The number of hydrogen-bond donors (Lipinski definition) is 1. The minimum absolute atomic E-state index is 0.477. The first-order valence-electron chi connectivity index (χ1n) is 6.11. The van der Waals surface area contributed by atoms with E-state index in [1.807, 2.05) is 0 Å². The zero-order valence-corrected chi connectivity index (χ0v) is 9.77. The Labute approximate surface area is 88.4 Å². The maximum atomic E-state index is 5.28. The first kappa shape index (κ1) is 12.0. The molecule has 1 aliphatic rings. The molecule has 84 valence electrons. The zero-order chi connectivity index (χ0) is 10.3. The smallest absolute Gasteiger partial charge is 0.0556 e. The Kier molecular flexibility index (Phi) is 5.49. The molecule has 1 fully saturated rings. The van der Waals surface area contributed by atoms with E-state index < -0.39 is 0 Å². The molecule has 0 aromatic heterocycles. The summed E-state index contributed by atoms with van der Waals surface area (Å²) in [6.45, 7) is 8.78. The van der Waals surface area contributed by atoms with Gasteiger partial charge >= 0.3 is 0 Å². The van der Waals surface area contributed by atoms with Crippen LogP contribution in [0.25, 0.3) is 0 Å². The summed E-state index contributed by atoms with van der Waals surface area (Å²) in [4.78, 5) is 0. The van der Waals surface area contributed by atoms with Gasteiger partial charge in [-0.25, -0.2) is 0 Å². The van der Waals surface area contributed by atoms with Gasteiger partial charge in [-0.05, 0) is 19.4 Å². The van der Waals surface area contributed by atoms with Crippen LogP contribution >= 0.6 is 0 Å². The van der Waals surface area contributed by atoms with Gasteiger partial charge in [0, 0.05) is 12.0 Å². The van der Waals surface area contributed by atoms with Crippen LogP contribution < -0.4 is 5.32 Å². The summed E-state index contributed by atoms with van der Waals surface area (Å²) >= 11 is 0. The maximum Gasteiger partial charge on any atom is 0.0556 e. The quantitative estimate of drug-likeness (QED) is 0.607. The highest BCUT2D eigenvalue weighted by atomic mass is 16.5. The van der Waals surface area contributed by atoms with Crippen molar-refractivity contribution in [1.29, 1.82) is 0 Å². The molecule has 0 bridgehead atoms. The van der Waals surface area contributed by atoms with E-state index in [1.165, 1.54) is 38.6 Å². The van der Waals surface area contributed by atoms with Crippen LogP contribution in [-0.2, 0) is 4.74 Å². The van der Waals surface area contributed by atoms with Gasteiger partial charge in [0.2, 0.25) is 0 Å². The summed E-state index contributed by atoms with van der Waals surface area (Å²) in [5.74, 6) is 0. The molecular weight excluding hydrogens is 174 g/mol. The van der Waals surface area contributed by atoms with Gasteiger partial charge in [0.1, 0.15) is 0 Å². The first-order valence-corrected chi connectivity index (χ1v) is 6.11. The van der Waals surface area contributed by atoms with Gasteiger partial charge in [-0.1, -0.05) is 33.1 Å². The van der Waals surface area contributed by atoms with Crippen LogP contribution in [0.3, 0.4) is 0 Å². The highest BCUT2D eigenvalue weighted by Gasteiger charge is 2.35. The SMILES string of the molecule is CCCCCCNCC1(CC)COC1. The van der Waals surface area contributed by atoms with E-state index in [4.69, 9.17) is 4.74 Å². The lowest BCUT2D eigenvalue weighted by Crippen LogP contribution is -2.49. The van der Waals surface area contributed by atoms with Crippen molar-refractivity contribution in [1.82, 2.24) is 5.32 Å². The molecular formula is C12H25NO. The minimum atomic E-state index is 0.477. The van der Waals surface area contributed by atoms with Crippen LogP contribution in [0, 0.1) is 5.41 Å². The van der Waals surface area contributed by atoms with Gasteiger partial charge in [-0.2, -0.15) is 0 Å². The molecule has 1 rings (SSSR count). The van der Waals surface area contributed by atoms with Gasteiger partial charge in [-0.3, -0.25) is 0 Å². The van der Waals surface area contributed by atoms with Gasteiger partial charge in [0.25, 0.3) is 0 Å². The Balaban J connectivity index is 1.92. The number of rotatable bonds is 8. The second-order valence-electron chi connectivity index (χ2n) is 4.58. The summed E-state index contributed by atoms with van der Waals surface area (Å²) < 4.78 is 5.28. The average molecular weight is 199 g/mol. The van der Waals surface area contributed by atoms with E-state index >= 15 is 0 Å². The summed E-state index contributed by atoms with van der Waals surface area (Å²) in [6.07, 6.45) is 6.65. The number of unbranched alkanes of at least 4 members (excludes halogenated alkanes) is 3. The predicted molar refractivity (Wildman–Crippen MR) is 60.6 cm³/mol. The van der Waals surface area contributed by atoms with E-state index in [0.717, 1.165) is 19.8 Å². The normalized spacial score (nSPS) is 19.3. The first-order chi connectivity index (χ1) is 6.83. The molecule has 0 aromatic rings. The monoisotopic (exact) mass is 199 g/mol. The summed E-state index contributed by atoms with van der Waals surface area (Å²) in [7, 11) is 0. The fraction of sp³-hybridized carbons (Fsp3) is 1.00. The third-order valence-electron chi connectivity index (χ3n) is 3.27. The van der Waals surface area contributed by atoms with Crippen LogP contribution in [0.15, 0.2) is 0 Å². The summed E-state index contributed by atoms with van der Waals surface area (Å²) in [5, 5.41) is 3.56. The molecule has 0 aromatic carbocycles. The highest BCUT2D eigenvalue weighted by Crippen LogP contribution is 2.29. The molecule has 0 amide bonds. The van der Waals surface area contributed by atoms with Crippen LogP contribution in [0.2, 0.25) is 0 Å². The van der Waals surface area contributed by atoms with Crippen molar-refractivity contribution in [3.8, 4) is 0 Å². The maximum absolute atomic E-state index is 5.28. The molecule has 2 nitrogen and oxygen atoms in total. The lowest BCUT2D eigenvalue weighted by molar-refractivity contribution is -0.112. The van der Waals surface area contributed by atoms with Gasteiger partial charge < -0.3 is 10.1 Å². The lowest BCUT2D eigenvalue weighted by Gasteiger charge is -2.41. The molecule has 0 unspecified atom stereocenters. The Bertz CT molecular complexity index is 138. The van der Waals surface area contributed by atoms with Crippen molar-refractivity contribution in [3.63, 3.8) is 0 Å². The Morgan fingerprint density at radius 1 is 1.14 bits per heavy atom. The molecule has 0 atom stereocenters. The number of hydrogen-bond acceptors (Lipinski definition) is 2. The highest BCUT2D eigenvalue weighted by molar-refractivity contribution is 4.86. The molecule has 0 spiro atoms. The second kappa shape index (κ2) is 6.41. The Hall–Kier alpha value is -0.0800. The fourth-order valence-electron chi connectivity index (χ4n) is 1.85. The third-order valence-corrected chi connectivity index (χ3v) is 3.27. The Morgan fingerprint density at radius 2 is 1.93 bits per heavy atom.